The van der Waals surface area contributed by atoms with Crippen molar-refractivity contribution in [3.63, 3.8) is 0 Å². The van der Waals surface area contributed by atoms with Crippen LogP contribution in [0.25, 0.3) is 0 Å². The SMILES string of the molecule is CNc1ccc(C(=O)N(C)CCOC)nc1. The fourth-order valence-electron chi connectivity index (χ4n) is 1.19. The molecule has 0 radical (unpaired) electrons. The zero-order valence-electron chi connectivity index (χ0n) is 9.86. The Balaban J connectivity index is 2.64. The van der Waals surface area contributed by atoms with Crippen LogP contribution in [0.15, 0.2) is 18.3 Å². The molecular weight excluding hydrogens is 206 g/mol. The van der Waals surface area contributed by atoms with E-state index in [1.54, 1.807) is 31.3 Å². The lowest BCUT2D eigenvalue weighted by atomic mass is 10.3. The predicted octanol–water partition coefficient (Wildman–Crippen LogP) is 0.842. The molecule has 0 atom stereocenters. The Labute approximate surface area is 95.4 Å². The largest absolute Gasteiger partial charge is 0.387 e. The van der Waals surface area contributed by atoms with Gasteiger partial charge in [-0.05, 0) is 12.1 Å². The Hall–Kier alpha value is -1.62. The second-order valence-corrected chi connectivity index (χ2v) is 3.40. The van der Waals surface area contributed by atoms with Crippen molar-refractivity contribution in [2.75, 3.05) is 39.7 Å². The molecule has 0 saturated carbocycles. The maximum Gasteiger partial charge on any atom is 0.272 e. The topological polar surface area (TPSA) is 54.5 Å². The van der Waals surface area contributed by atoms with Gasteiger partial charge in [-0.2, -0.15) is 0 Å². The van der Waals surface area contributed by atoms with Crippen LogP contribution in [0.2, 0.25) is 0 Å². The van der Waals surface area contributed by atoms with Gasteiger partial charge in [0.1, 0.15) is 5.69 Å². The van der Waals surface area contributed by atoms with Crippen molar-refractivity contribution in [1.29, 1.82) is 0 Å². The van der Waals surface area contributed by atoms with Crippen LogP contribution in [0.1, 0.15) is 10.5 Å². The number of likely N-dealkylation sites (N-methyl/N-ethyl adjacent to an activating group) is 1. The van der Waals surface area contributed by atoms with Crippen LogP contribution in [0, 0.1) is 0 Å². The molecule has 1 aromatic heterocycles. The summed E-state index contributed by atoms with van der Waals surface area (Å²) in [4.78, 5) is 17.5. The zero-order chi connectivity index (χ0) is 12.0. The number of rotatable bonds is 5. The first-order valence-corrected chi connectivity index (χ1v) is 5.07. The highest BCUT2D eigenvalue weighted by molar-refractivity contribution is 5.92. The van der Waals surface area contributed by atoms with Crippen LogP contribution >= 0.6 is 0 Å². The zero-order valence-corrected chi connectivity index (χ0v) is 9.86. The number of nitrogens with zero attached hydrogens (tertiary/aromatic N) is 2. The molecule has 1 N–H and O–H groups in total. The number of aromatic nitrogens is 1. The lowest BCUT2D eigenvalue weighted by Crippen LogP contribution is -2.30. The summed E-state index contributed by atoms with van der Waals surface area (Å²) >= 11 is 0. The Morgan fingerprint density at radius 3 is 2.81 bits per heavy atom. The number of pyridine rings is 1. The molecule has 0 aliphatic heterocycles. The van der Waals surface area contributed by atoms with Crippen molar-refractivity contribution in [1.82, 2.24) is 9.88 Å². The van der Waals surface area contributed by atoms with Crippen LogP contribution in [0.4, 0.5) is 5.69 Å². The van der Waals surface area contributed by atoms with Crippen molar-refractivity contribution in [3.8, 4) is 0 Å². The number of amides is 1. The highest BCUT2D eigenvalue weighted by Crippen LogP contribution is 2.06. The summed E-state index contributed by atoms with van der Waals surface area (Å²) < 4.78 is 4.91. The van der Waals surface area contributed by atoms with Gasteiger partial charge in [0.05, 0.1) is 18.5 Å². The number of hydrogen-bond donors (Lipinski definition) is 1. The summed E-state index contributed by atoms with van der Waals surface area (Å²) in [5.74, 6) is -0.0975. The molecule has 1 rings (SSSR count). The molecule has 1 aromatic rings. The molecule has 0 unspecified atom stereocenters. The number of methoxy groups -OCH3 is 1. The summed E-state index contributed by atoms with van der Waals surface area (Å²) in [7, 11) is 5.15. The maximum atomic E-state index is 11.8. The number of carbonyl (C=O) groups is 1. The number of hydrogen-bond acceptors (Lipinski definition) is 4. The van der Waals surface area contributed by atoms with E-state index in [2.05, 4.69) is 10.3 Å². The third-order valence-corrected chi connectivity index (χ3v) is 2.25. The average molecular weight is 223 g/mol. The standard InChI is InChI=1S/C11H17N3O2/c1-12-9-4-5-10(13-8-9)11(15)14(2)6-7-16-3/h4-5,8,12H,6-7H2,1-3H3. The van der Waals surface area contributed by atoms with Gasteiger partial charge in [-0.1, -0.05) is 0 Å². The van der Waals surface area contributed by atoms with Crippen LogP contribution in [0.5, 0.6) is 0 Å². The lowest BCUT2D eigenvalue weighted by Gasteiger charge is -2.15. The minimum Gasteiger partial charge on any atom is -0.387 e. The Kier molecular flexibility index (Phi) is 4.72. The molecule has 5 heteroatoms. The predicted molar refractivity (Wildman–Crippen MR) is 62.6 cm³/mol. The van der Waals surface area contributed by atoms with E-state index in [9.17, 15) is 4.79 Å². The average Bonchev–Trinajstić information content (AvgIpc) is 2.35. The molecule has 0 aliphatic carbocycles. The maximum absolute atomic E-state index is 11.8. The first-order valence-electron chi connectivity index (χ1n) is 5.07. The van der Waals surface area contributed by atoms with Gasteiger partial charge in [0.15, 0.2) is 0 Å². The van der Waals surface area contributed by atoms with Crippen LogP contribution in [-0.4, -0.2) is 50.1 Å². The van der Waals surface area contributed by atoms with Gasteiger partial charge in [0, 0.05) is 27.7 Å². The molecule has 0 saturated heterocycles. The minimum atomic E-state index is -0.0975. The molecule has 0 spiro atoms. The van der Waals surface area contributed by atoms with Crippen LogP contribution < -0.4 is 5.32 Å². The van der Waals surface area contributed by atoms with Gasteiger partial charge in [-0.3, -0.25) is 4.79 Å². The fourth-order valence-corrected chi connectivity index (χ4v) is 1.19. The van der Waals surface area contributed by atoms with Crippen molar-refractivity contribution >= 4 is 11.6 Å². The van der Waals surface area contributed by atoms with Crippen molar-refractivity contribution < 1.29 is 9.53 Å². The smallest absolute Gasteiger partial charge is 0.272 e. The number of anilines is 1. The number of nitrogens with one attached hydrogen (secondary N) is 1. The first kappa shape index (κ1) is 12.4. The van der Waals surface area contributed by atoms with Gasteiger partial charge in [-0.25, -0.2) is 4.98 Å². The first-order chi connectivity index (χ1) is 7.69. The van der Waals surface area contributed by atoms with Crippen molar-refractivity contribution in [2.24, 2.45) is 0 Å². The van der Waals surface area contributed by atoms with E-state index in [0.717, 1.165) is 5.69 Å². The number of carbonyl (C=O) groups excluding carboxylic acids is 1. The molecule has 1 amide bonds. The normalized spacial score (nSPS) is 9.94. The van der Waals surface area contributed by atoms with Gasteiger partial charge < -0.3 is 15.0 Å². The highest BCUT2D eigenvalue weighted by Gasteiger charge is 2.12. The third-order valence-electron chi connectivity index (χ3n) is 2.25. The van der Waals surface area contributed by atoms with Crippen molar-refractivity contribution in [2.45, 2.75) is 0 Å². The monoisotopic (exact) mass is 223 g/mol. The second-order valence-electron chi connectivity index (χ2n) is 3.40. The molecule has 0 aromatic carbocycles. The van der Waals surface area contributed by atoms with E-state index >= 15 is 0 Å². The van der Waals surface area contributed by atoms with E-state index in [4.69, 9.17) is 4.74 Å². The summed E-state index contributed by atoms with van der Waals surface area (Å²) in [5, 5.41) is 2.95. The van der Waals surface area contributed by atoms with E-state index < -0.39 is 0 Å². The summed E-state index contributed by atoms with van der Waals surface area (Å²) in [6.07, 6.45) is 1.64. The van der Waals surface area contributed by atoms with Gasteiger partial charge in [-0.15, -0.1) is 0 Å². The van der Waals surface area contributed by atoms with E-state index in [1.807, 2.05) is 13.1 Å². The summed E-state index contributed by atoms with van der Waals surface area (Å²) in [6, 6.07) is 3.53. The Bertz CT molecular complexity index is 338. The second kappa shape index (κ2) is 6.07. The van der Waals surface area contributed by atoms with Crippen molar-refractivity contribution in [3.05, 3.63) is 24.0 Å². The van der Waals surface area contributed by atoms with Crippen LogP contribution in [0.3, 0.4) is 0 Å². The van der Waals surface area contributed by atoms with E-state index in [-0.39, 0.29) is 5.91 Å². The molecule has 0 fully saturated rings. The summed E-state index contributed by atoms with van der Waals surface area (Å²) in [5.41, 5.74) is 1.33. The van der Waals surface area contributed by atoms with E-state index in [0.29, 0.717) is 18.8 Å². The fraction of sp³-hybridized carbons (Fsp3) is 0.455. The number of ether oxygens (including phenoxy) is 1. The lowest BCUT2D eigenvalue weighted by molar-refractivity contribution is 0.0738. The molecule has 0 aliphatic rings. The molecule has 1 heterocycles. The van der Waals surface area contributed by atoms with Gasteiger partial charge in [0.25, 0.3) is 5.91 Å². The molecule has 16 heavy (non-hydrogen) atoms. The minimum absolute atomic E-state index is 0.0975. The quantitative estimate of drug-likeness (QED) is 0.803. The Morgan fingerprint density at radius 2 is 2.31 bits per heavy atom. The van der Waals surface area contributed by atoms with Crippen LogP contribution in [-0.2, 0) is 4.74 Å². The molecular formula is C11H17N3O2. The Morgan fingerprint density at radius 1 is 1.56 bits per heavy atom. The van der Waals surface area contributed by atoms with Gasteiger partial charge >= 0.3 is 0 Å². The van der Waals surface area contributed by atoms with E-state index in [1.165, 1.54) is 0 Å². The van der Waals surface area contributed by atoms with Gasteiger partial charge in [0.2, 0.25) is 0 Å². The molecule has 0 bridgehead atoms. The summed E-state index contributed by atoms with van der Waals surface area (Å²) in [6.45, 7) is 1.08. The third kappa shape index (κ3) is 3.20. The highest BCUT2D eigenvalue weighted by atomic mass is 16.5. The molecule has 5 nitrogen and oxygen atoms in total. The molecule has 88 valence electrons.